The number of hydrogen-bond donors (Lipinski definition) is 1. The van der Waals surface area contributed by atoms with Crippen LogP contribution in [0, 0.1) is 5.82 Å². The monoisotopic (exact) mass is 535 g/mol. The molecule has 0 aliphatic heterocycles. The molecule has 9 nitrogen and oxygen atoms in total. The molecule has 2 aromatic rings. The van der Waals surface area contributed by atoms with E-state index in [1.807, 2.05) is 20.8 Å². The Morgan fingerprint density at radius 1 is 1.16 bits per heavy atom. The van der Waals surface area contributed by atoms with Crippen molar-refractivity contribution < 1.29 is 32.2 Å². The fourth-order valence-electron chi connectivity index (χ4n) is 3.33. The normalized spacial score (nSPS) is 12.6. The molecule has 1 heterocycles. The van der Waals surface area contributed by atoms with Gasteiger partial charge in [-0.05, 0) is 48.8 Å². The van der Waals surface area contributed by atoms with Crippen LogP contribution in [0.1, 0.15) is 63.6 Å². The minimum atomic E-state index is -3.66. The van der Waals surface area contributed by atoms with Gasteiger partial charge in [-0.25, -0.2) is 27.1 Å². The number of ketones is 1. The summed E-state index contributed by atoms with van der Waals surface area (Å²) in [6.45, 7) is 5.94. The third-order valence-corrected chi connectivity index (χ3v) is 6.60. The number of carbonyl (C=O) groups excluding carboxylic acids is 2. The first-order chi connectivity index (χ1) is 17.3. The van der Waals surface area contributed by atoms with Crippen LogP contribution in [0.3, 0.4) is 0 Å². The van der Waals surface area contributed by atoms with Gasteiger partial charge in [0.15, 0.2) is 5.78 Å². The molecule has 0 spiro atoms. The molecule has 1 N–H and O–H groups in total. The minimum absolute atomic E-state index is 0.0639. The topological polar surface area (TPSA) is 127 Å². The average Bonchev–Trinajstić information content (AvgIpc) is 2.81. The van der Waals surface area contributed by atoms with Crippen molar-refractivity contribution in [1.29, 1.82) is 0 Å². The van der Waals surface area contributed by atoms with Crippen molar-refractivity contribution in [1.82, 2.24) is 9.97 Å². The van der Waals surface area contributed by atoms with Crippen LogP contribution in [-0.2, 0) is 24.3 Å². The molecular formula is C26H34FN3O6S. The summed E-state index contributed by atoms with van der Waals surface area (Å²) < 4.78 is 43.8. The zero-order valence-corrected chi connectivity index (χ0v) is 22.6. The number of esters is 1. The third kappa shape index (κ3) is 9.01. The second-order valence-electron chi connectivity index (χ2n) is 9.00. The molecule has 0 fully saturated rings. The Bertz CT molecular complexity index is 1230. The first-order valence-electron chi connectivity index (χ1n) is 12.0. The zero-order chi connectivity index (χ0) is 27.8. The van der Waals surface area contributed by atoms with E-state index in [0.29, 0.717) is 22.5 Å². The summed E-state index contributed by atoms with van der Waals surface area (Å²) in [5, 5.41) is 10.1. The first-order valence-corrected chi connectivity index (χ1v) is 13.8. The van der Waals surface area contributed by atoms with Crippen molar-refractivity contribution in [3.63, 3.8) is 0 Å². The van der Waals surface area contributed by atoms with Crippen molar-refractivity contribution in [3.8, 4) is 11.3 Å². The number of carbonyl (C=O) groups is 2. The first kappa shape index (κ1) is 30.0. The minimum Gasteiger partial charge on any atom is -0.466 e. The van der Waals surface area contributed by atoms with Gasteiger partial charge in [0.05, 0.1) is 36.8 Å². The second-order valence-corrected chi connectivity index (χ2v) is 11.0. The molecule has 202 valence electrons. The number of anilines is 1. The number of allylic oxidation sites excluding steroid dienone is 1. The van der Waals surface area contributed by atoms with Gasteiger partial charge in [-0.15, -0.1) is 0 Å². The van der Waals surface area contributed by atoms with E-state index in [1.54, 1.807) is 0 Å². The van der Waals surface area contributed by atoms with Crippen molar-refractivity contribution in [2.75, 3.05) is 24.2 Å². The molecule has 1 aromatic heterocycles. The summed E-state index contributed by atoms with van der Waals surface area (Å²) in [4.78, 5) is 33.2. The van der Waals surface area contributed by atoms with Gasteiger partial charge in [-0.1, -0.05) is 27.2 Å². The Labute approximate surface area is 217 Å². The van der Waals surface area contributed by atoms with Crippen LogP contribution in [0.25, 0.3) is 17.3 Å². The van der Waals surface area contributed by atoms with E-state index < -0.39 is 33.7 Å². The molecule has 1 atom stereocenters. The number of nitrogens with zero attached hydrogens (tertiary/aromatic N) is 3. The maximum absolute atomic E-state index is 13.6. The number of halogens is 1. The van der Waals surface area contributed by atoms with Gasteiger partial charge >= 0.3 is 5.97 Å². The van der Waals surface area contributed by atoms with Crippen LogP contribution in [0.5, 0.6) is 0 Å². The van der Waals surface area contributed by atoms with E-state index >= 15 is 0 Å². The predicted molar refractivity (Wildman–Crippen MR) is 140 cm³/mol. The highest BCUT2D eigenvalue weighted by atomic mass is 32.2. The van der Waals surface area contributed by atoms with E-state index in [0.717, 1.165) is 23.4 Å². The number of sulfonamides is 1. The summed E-state index contributed by atoms with van der Waals surface area (Å²) in [5.41, 5.74) is 1.74. The molecular weight excluding hydrogens is 501 g/mol. The molecule has 2 rings (SSSR count). The van der Waals surface area contributed by atoms with E-state index in [9.17, 15) is 27.5 Å². The highest BCUT2D eigenvalue weighted by molar-refractivity contribution is 7.92. The van der Waals surface area contributed by atoms with Crippen LogP contribution in [0.4, 0.5) is 10.3 Å². The Balaban J connectivity index is 2.41. The van der Waals surface area contributed by atoms with Crippen LogP contribution in [0.15, 0.2) is 30.3 Å². The number of ether oxygens (including phenoxy) is 1. The molecule has 0 aliphatic carbocycles. The van der Waals surface area contributed by atoms with E-state index in [1.165, 1.54) is 43.5 Å². The largest absolute Gasteiger partial charge is 0.466 e. The number of aliphatic hydroxyl groups excluding tert-OH is 1. The third-order valence-electron chi connectivity index (χ3n) is 5.44. The Morgan fingerprint density at radius 3 is 2.38 bits per heavy atom. The fraction of sp³-hybridized carbons (Fsp3) is 0.462. The van der Waals surface area contributed by atoms with E-state index in [-0.39, 0.29) is 31.3 Å². The fourth-order valence-corrected chi connectivity index (χ4v) is 3.70. The van der Waals surface area contributed by atoms with E-state index in [2.05, 4.69) is 9.97 Å². The maximum Gasteiger partial charge on any atom is 0.308 e. The highest BCUT2D eigenvalue weighted by Gasteiger charge is 2.22. The maximum atomic E-state index is 13.6. The molecule has 0 amide bonds. The van der Waals surface area contributed by atoms with Crippen molar-refractivity contribution in [3.05, 3.63) is 47.4 Å². The summed E-state index contributed by atoms with van der Waals surface area (Å²) >= 11 is 0. The molecule has 11 heteroatoms. The summed E-state index contributed by atoms with van der Waals surface area (Å²) in [6, 6.07) is 5.50. The SMILES string of the molecule is CCCCOC(=O)C[C@H](O)CC(=O)C=Cc1c(-c2ccc(F)cc2)nc(N(C)S(C)(=O)=O)nc1C(C)C. The molecule has 0 unspecified atom stereocenters. The standard InChI is InChI=1S/C26H34FN3O6S/c1-6-7-14-36-23(33)16-21(32)15-20(31)12-13-22-24(17(2)3)28-26(30(4)37(5,34)35)29-25(22)18-8-10-19(27)11-9-18/h8-13,17,21,32H,6-7,14-16H2,1-5H3/t21-/m1/s1. The molecule has 0 bridgehead atoms. The van der Waals surface area contributed by atoms with Crippen LogP contribution in [0.2, 0.25) is 0 Å². The molecule has 0 radical (unpaired) electrons. The molecule has 0 saturated carbocycles. The number of aromatic nitrogens is 2. The number of hydrogen-bond acceptors (Lipinski definition) is 8. The smallest absolute Gasteiger partial charge is 0.308 e. The van der Waals surface area contributed by atoms with Crippen molar-refractivity contribution >= 4 is 33.8 Å². The molecule has 1 aromatic carbocycles. The van der Waals surface area contributed by atoms with Gasteiger partial charge in [-0.3, -0.25) is 9.59 Å². The van der Waals surface area contributed by atoms with Gasteiger partial charge in [0.2, 0.25) is 16.0 Å². The lowest BCUT2D eigenvalue weighted by Crippen LogP contribution is -2.27. The summed E-state index contributed by atoms with van der Waals surface area (Å²) in [5.74, 6) is -1.72. The van der Waals surface area contributed by atoms with Gasteiger partial charge in [0.1, 0.15) is 5.82 Å². The Kier molecular flexibility index (Phi) is 10.9. The number of unbranched alkanes of at least 4 members (excludes halogenated alkanes) is 1. The van der Waals surface area contributed by atoms with Gasteiger partial charge in [-0.2, -0.15) is 0 Å². The van der Waals surface area contributed by atoms with Crippen LogP contribution < -0.4 is 4.31 Å². The second kappa shape index (κ2) is 13.4. The van der Waals surface area contributed by atoms with Crippen molar-refractivity contribution in [2.24, 2.45) is 0 Å². The Morgan fingerprint density at radius 2 is 1.81 bits per heavy atom. The number of rotatable bonds is 13. The lowest BCUT2D eigenvalue weighted by atomic mass is 9.97. The lowest BCUT2D eigenvalue weighted by Gasteiger charge is -2.20. The molecule has 0 saturated heterocycles. The summed E-state index contributed by atoms with van der Waals surface area (Å²) in [6.07, 6.45) is 3.58. The van der Waals surface area contributed by atoms with Gasteiger partial charge in [0.25, 0.3) is 0 Å². The van der Waals surface area contributed by atoms with Gasteiger partial charge < -0.3 is 9.84 Å². The lowest BCUT2D eigenvalue weighted by molar-refractivity contribution is -0.146. The van der Waals surface area contributed by atoms with E-state index in [4.69, 9.17) is 4.74 Å². The predicted octanol–water partition coefficient (Wildman–Crippen LogP) is 3.87. The molecule has 37 heavy (non-hydrogen) atoms. The van der Waals surface area contributed by atoms with Crippen molar-refractivity contribution in [2.45, 2.75) is 58.5 Å². The Hall–Kier alpha value is -3.18. The molecule has 0 aliphatic rings. The zero-order valence-electron chi connectivity index (χ0n) is 21.8. The summed E-state index contributed by atoms with van der Waals surface area (Å²) in [7, 11) is -2.33. The number of benzene rings is 1. The quantitative estimate of drug-likeness (QED) is 0.233. The van der Waals surface area contributed by atoms with Crippen LogP contribution >= 0.6 is 0 Å². The van der Waals surface area contributed by atoms with Gasteiger partial charge in [0, 0.05) is 24.6 Å². The average molecular weight is 536 g/mol. The van der Waals surface area contributed by atoms with Crippen LogP contribution in [-0.4, -0.2) is 61.3 Å². The number of aliphatic hydroxyl groups is 1. The highest BCUT2D eigenvalue weighted by Crippen LogP contribution is 2.31.